The van der Waals surface area contributed by atoms with E-state index >= 15 is 0 Å². The van der Waals surface area contributed by atoms with Crippen LogP contribution in [-0.2, 0) is 14.2 Å². The zero-order valence-electron chi connectivity index (χ0n) is 22.0. The lowest BCUT2D eigenvalue weighted by Gasteiger charge is -2.23. The second-order valence-corrected chi connectivity index (χ2v) is 11.7. The molecule has 0 amide bonds. The summed E-state index contributed by atoms with van der Waals surface area (Å²) in [6.45, 7) is 5.96. The van der Waals surface area contributed by atoms with E-state index in [1.54, 1.807) is 22.5 Å². The third kappa shape index (κ3) is 5.22. The molecule has 39 heavy (non-hydrogen) atoms. The van der Waals surface area contributed by atoms with Crippen LogP contribution in [0.4, 0.5) is 14.6 Å². The van der Waals surface area contributed by atoms with Gasteiger partial charge in [-0.25, -0.2) is 23.4 Å². The Kier molecular flexibility index (Phi) is 7.21. The van der Waals surface area contributed by atoms with E-state index in [1.165, 1.54) is 6.07 Å². The Morgan fingerprint density at radius 1 is 1.18 bits per heavy atom. The summed E-state index contributed by atoms with van der Waals surface area (Å²) in [5, 5.41) is 22.3. The lowest BCUT2D eigenvalue weighted by Crippen LogP contribution is -2.31. The highest BCUT2D eigenvalue weighted by Crippen LogP contribution is 2.46. The zero-order chi connectivity index (χ0) is 27.3. The molecule has 1 aromatic carbocycles. The molecule has 1 aliphatic heterocycles. The standard InChI is InChI=1S/C26H32F2N6O4S/c1-4-9-39-25-30-23(29-17-11-14(17)13-5-6-15(27)16(28)10-13)20-24(31-25)34(33-32-20)18-12-19(36-8-7-35)22-21(18)37-26(2,3)38-22/h5-6,10,14,17-19,21-22,35H,4,7-9,11-12H2,1-3H3,(H,29,30,31). The lowest BCUT2D eigenvalue weighted by atomic mass is 10.1. The van der Waals surface area contributed by atoms with Gasteiger partial charge in [0.2, 0.25) is 0 Å². The van der Waals surface area contributed by atoms with Gasteiger partial charge in [0.25, 0.3) is 0 Å². The Labute approximate surface area is 228 Å². The molecule has 10 nitrogen and oxygen atoms in total. The Balaban J connectivity index is 1.31. The van der Waals surface area contributed by atoms with Crippen molar-refractivity contribution in [2.24, 2.45) is 0 Å². The van der Waals surface area contributed by atoms with Crippen LogP contribution in [0.3, 0.4) is 0 Å². The maximum Gasteiger partial charge on any atom is 0.191 e. The van der Waals surface area contributed by atoms with Gasteiger partial charge in [-0.15, -0.1) is 5.10 Å². The van der Waals surface area contributed by atoms with E-state index in [0.29, 0.717) is 28.6 Å². The quantitative estimate of drug-likeness (QED) is 0.279. The average Bonchev–Trinajstić information content (AvgIpc) is 3.24. The predicted molar refractivity (Wildman–Crippen MR) is 140 cm³/mol. The summed E-state index contributed by atoms with van der Waals surface area (Å²) < 4.78 is 47.4. The molecule has 6 unspecified atom stereocenters. The van der Waals surface area contributed by atoms with Gasteiger partial charge in [-0.3, -0.25) is 0 Å². The predicted octanol–water partition coefficient (Wildman–Crippen LogP) is 3.81. The Morgan fingerprint density at radius 2 is 2.00 bits per heavy atom. The molecular weight excluding hydrogens is 530 g/mol. The molecule has 0 bridgehead atoms. The SMILES string of the molecule is CCCSc1nc(NC2CC2c2ccc(F)c(F)c2)c2nnn(C3CC(OCCO)C4OC(C)(C)OC43)c2n1. The number of anilines is 1. The average molecular weight is 563 g/mol. The van der Waals surface area contributed by atoms with E-state index in [9.17, 15) is 13.9 Å². The summed E-state index contributed by atoms with van der Waals surface area (Å²) >= 11 is 1.55. The van der Waals surface area contributed by atoms with E-state index in [-0.39, 0.29) is 49.5 Å². The van der Waals surface area contributed by atoms with Crippen molar-refractivity contribution in [2.45, 2.75) is 87.3 Å². The highest BCUT2D eigenvalue weighted by molar-refractivity contribution is 7.99. The second kappa shape index (κ2) is 10.5. The fourth-order valence-electron chi connectivity index (χ4n) is 5.55. The molecule has 210 valence electrons. The van der Waals surface area contributed by atoms with Crippen LogP contribution in [0.1, 0.15) is 57.6 Å². The maximum atomic E-state index is 13.8. The number of aromatic nitrogens is 5. The first-order valence-corrected chi connectivity index (χ1v) is 14.3. The van der Waals surface area contributed by atoms with Gasteiger partial charge in [0, 0.05) is 24.1 Å². The summed E-state index contributed by atoms with van der Waals surface area (Å²) in [5.41, 5.74) is 1.85. The van der Waals surface area contributed by atoms with Gasteiger partial charge >= 0.3 is 0 Å². The van der Waals surface area contributed by atoms with Gasteiger partial charge in [0.15, 0.2) is 39.6 Å². The summed E-state index contributed by atoms with van der Waals surface area (Å²) in [4.78, 5) is 9.57. The number of fused-ring (bicyclic) bond motifs is 2. The Bertz CT molecular complexity index is 1360. The molecule has 3 fully saturated rings. The molecule has 6 atom stereocenters. The fraction of sp³-hybridized carbons (Fsp3) is 0.615. The number of halogens is 2. The molecule has 0 spiro atoms. The lowest BCUT2D eigenvalue weighted by molar-refractivity contribution is -0.171. The number of aliphatic hydroxyl groups excluding tert-OH is 1. The van der Waals surface area contributed by atoms with E-state index in [1.807, 2.05) is 13.8 Å². The van der Waals surface area contributed by atoms with Crippen molar-refractivity contribution in [3.8, 4) is 0 Å². The highest BCUT2D eigenvalue weighted by atomic mass is 32.2. The number of nitrogens with zero attached hydrogens (tertiary/aromatic N) is 5. The van der Waals surface area contributed by atoms with Crippen molar-refractivity contribution in [1.29, 1.82) is 0 Å². The van der Waals surface area contributed by atoms with Crippen molar-refractivity contribution in [1.82, 2.24) is 25.0 Å². The topological polar surface area (TPSA) is 116 Å². The number of rotatable bonds is 10. The van der Waals surface area contributed by atoms with E-state index < -0.39 is 17.4 Å². The number of thioether (sulfide) groups is 1. The third-order valence-electron chi connectivity index (χ3n) is 7.34. The summed E-state index contributed by atoms with van der Waals surface area (Å²) in [6.07, 6.45) is 1.38. The first-order valence-electron chi connectivity index (χ1n) is 13.3. The van der Waals surface area contributed by atoms with Crippen molar-refractivity contribution >= 4 is 28.7 Å². The Hall–Kier alpha value is -2.45. The first-order chi connectivity index (χ1) is 18.8. The molecular formula is C26H32F2N6O4S. The van der Waals surface area contributed by atoms with Crippen molar-refractivity contribution in [3.63, 3.8) is 0 Å². The molecule has 2 saturated carbocycles. The summed E-state index contributed by atoms with van der Waals surface area (Å²) in [6, 6.07) is 3.80. The summed E-state index contributed by atoms with van der Waals surface area (Å²) in [7, 11) is 0. The smallest absolute Gasteiger partial charge is 0.191 e. The minimum Gasteiger partial charge on any atom is -0.394 e. The molecule has 2 N–H and O–H groups in total. The van der Waals surface area contributed by atoms with Gasteiger partial charge < -0.3 is 24.6 Å². The normalized spacial score (nSPS) is 29.2. The van der Waals surface area contributed by atoms with E-state index in [4.69, 9.17) is 24.2 Å². The van der Waals surface area contributed by atoms with E-state index in [0.717, 1.165) is 30.2 Å². The van der Waals surface area contributed by atoms with Gasteiger partial charge in [-0.1, -0.05) is 30.0 Å². The van der Waals surface area contributed by atoms with Crippen LogP contribution in [0.15, 0.2) is 23.4 Å². The van der Waals surface area contributed by atoms with Crippen LogP contribution in [0.2, 0.25) is 0 Å². The van der Waals surface area contributed by atoms with Gasteiger partial charge in [0.1, 0.15) is 12.2 Å². The summed E-state index contributed by atoms with van der Waals surface area (Å²) in [5.74, 6) is -1.03. The highest BCUT2D eigenvalue weighted by Gasteiger charge is 2.56. The molecule has 13 heteroatoms. The number of ether oxygens (including phenoxy) is 3. The number of hydrogen-bond donors (Lipinski definition) is 2. The van der Waals surface area contributed by atoms with Gasteiger partial charge in [-0.05, 0) is 44.4 Å². The molecule has 2 aliphatic carbocycles. The largest absolute Gasteiger partial charge is 0.394 e. The van der Waals surface area contributed by atoms with E-state index in [2.05, 4.69) is 22.6 Å². The van der Waals surface area contributed by atoms with Crippen LogP contribution >= 0.6 is 11.8 Å². The van der Waals surface area contributed by atoms with Crippen LogP contribution in [0.5, 0.6) is 0 Å². The minimum atomic E-state index is -0.853. The first kappa shape index (κ1) is 26.8. The van der Waals surface area contributed by atoms with Crippen LogP contribution in [0, 0.1) is 11.6 Å². The molecule has 2 aromatic heterocycles. The number of hydrogen-bond acceptors (Lipinski definition) is 10. The van der Waals surface area contributed by atoms with Crippen molar-refractivity contribution in [2.75, 3.05) is 24.3 Å². The Morgan fingerprint density at radius 3 is 2.77 bits per heavy atom. The minimum absolute atomic E-state index is 0.00150. The second-order valence-electron chi connectivity index (χ2n) is 10.7. The number of benzene rings is 1. The monoisotopic (exact) mass is 562 g/mol. The van der Waals surface area contributed by atoms with Gasteiger partial charge in [-0.2, -0.15) is 0 Å². The maximum absolute atomic E-state index is 13.8. The molecule has 3 aromatic rings. The van der Waals surface area contributed by atoms with Gasteiger partial charge in [0.05, 0.1) is 25.4 Å². The van der Waals surface area contributed by atoms with Crippen LogP contribution < -0.4 is 5.32 Å². The molecule has 3 aliphatic rings. The van der Waals surface area contributed by atoms with Crippen molar-refractivity contribution in [3.05, 3.63) is 35.4 Å². The number of aliphatic hydroxyl groups is 1. The fourth-order valence-corrected chi connectivity index (χ4v) is 6.24. The zero-order valence-corrected chi connectivity index (χ0v) is 22.8. The molecule has 3 heterocycles. The van der Waals surface area contributed by atoms with Crippen LogP contribution in [0.25, 0.3) is 11.2 Å². The van der Waals surface area contributed by atoms with Crippen molar-refractivity contribution < 1.29 is 28.1 Å². The molecule has 1 saturated heterocycles. The molecule has 0 radical (unpaired) electrons. The van der Waals surface area contributed by atoms with Crippen LogP contribution in [-0.4, -0.2) is 79.2 Å². The molecule has 6 rings (SSSR count). The number of nitrogens with one attached hydrogen (secondary N) is 1. The third-order valence-corrected chi connectivity index (χ3v) is 8.40.